The van der Waals surface area contributed by atoms with E-state index in [0.29, 0.717) is 5.56 Å². The van der Waals surface area contributed by atoms with E-state index in [-0.39, 0.29) is 4.90 Å². The molecule has 0 bridgehead atoms. The lowest BCUT2D eigenvalue weighted by Gasteiger charge is -2.09. The molecule has 0 spiro atoms. The van der Waals surface area contributed by atoms with Crippen molar-refractivity contribution in [2.75, 3.05) is 6.61 Å². The molecular formula is C19H20O5S. The normalized spacial score (nSPS) is 25.6. The first-order chi connectivity index (χ1) is 11.7. The van der Waals surface area contributed by atoms with Crippen molar-refractivity contribution in [3.05, 3.63) is 65.2 Å². The van der Waals surface area contributed by atoms with Crippen molar-refractivity contribution >= 4 is 15.8 Å². The zero-order valence-corrected chi connectivity index (χ0v) is 14.8. The minimum atomic E-state index is -3.90. The number of sulfone groups is 1. The molecule has 2 aromatic carbocycles. The largest absolute Gasteiger partial charge is 0.481 e. The highest BCUT2D eigenvalue weighted by Gasteiger charge is 2.75. The van der Waals surface area contributed by atoms with E-state index in [9.17, 15) is 23.4 Å². The van der Waals surface area contributed by atoms with E-state index >= 15 is 0 Å². The molecule has 0 radical (unpaired) electrons. The Kier molecular flexibility index (Phi) is 4.21. The molecule has 3 atom stereocenters. The molecule has 2 N–H and O–H groups in total. The predicted molar refractivity (Wildman–Crippen MR) is 93.2 cm³/mol. The molecule has 6 heteroatoms. The van der Waals surface area contributed by atoms with Crippen molar-refractivity contribution < 1.29 is 23.4 Å². The van der Waals surface area contributed by atoms with E-state index < -0.39 is 39.0 Å². The summed E-state index contributed by atoms with van der Waals surface area (Å²) in [5, 5.41) is 18.3. The second kappa shape index (κ2) is 5.97. The van der Waals surface area contributed by atoms with Crippen LogP contribution < -0.4 is 0 Å². The Morgan fingerprint density at radius 3 is 1.92 bits per heavy atom. The number of aryl methyl sites for hydroxylation is 2. The average Bonchev–Trinajstić information content (AvgIpc) is 3.27. The van der Waals surface area contributed by atoms with Crippen LogP contribution in [-0.4, -0.2) is 36.5 Å². The van der Waals surface area contributed by atoms with Crippen LogP contribution in [0.3, 0.4) is 0 Å². The average molecular weight is 360 g/mol. The van der Waals surface area contributed by atoms with Crippen LogP contribution in [-0.2, 0) is 14.6 Å². The molecule has 1 saturated carbocycles. The van der Waals surface area contributed by atoms with Gasteiger partial charge in [0, 0.05) is 5.92 Å². The van der Waals surface area contributed by atoms with Crippen molar-refractivity contribution in [2.24, 2.45) is 5.41 Å². The molecule has 1 fully saturated rings. The Bertz CT molecular complexity index is 900. The van der Waals surface area contributed by atoms with Gasteiger partial charge >= 0.3 is 5.97 Å². The van der Waals surface area contributed by atoms with Gasteiger partial charge in [0.25, 0.3) is 0 Å². The smallest absolute Gasteiger partial charge is 0.314 e. The number of aliphatic carboxylic acids is 1. The summed E-state index contributed by atoms with van der Waals surface area (Å²) in [5.74, 6) is -2.07. The zero-order valence-electron chi connectivity index (χ0n) is 14.0. The van der Waals surface area contributed by atoms with Gasteiger partial charge in [0.2, 0.25) is 0 Å². The fourth-order valence-electron chi connectivity index (χ4n) is 3.49. The van der Waals surface area contributed by atoms with Crippen molar-refractivity contribution in [1.82, 2.24) is 0 Å². The second-order valence-electron chi connectivity index (χ2n) is 6.67. The summed E-state index contributed by atoms with van der Waals surface area (Å²) < 4.78 is 26.1. The quantitative estimate of drug-likeness (QED) is 0.854. The summed E-state index contributed by atoms with van der Waals surface area (Å²) in [7, 11) is -3.90. The van der Waals surface area contributed by atoms with Crippen molar-refractivity contribution in [2.45, 2.75) is 29.9 Å². The van der Waals surface area contributed by atoms with Crippen LogP contribution in [0, 0.1) is 19.3 Å². The van der Waals surface area contributed by atoms with Crippen molar-refractivity contribution in [3.63, 3.8) is 0 Å². The Hall–Kier alpha value is -2.18. The van der Waals surface area contributed by atoms with E-state index in [0.717, 1.165) is 11.1 Å². The molecular weight excluding hydrogens is 340 g/mol. The summed E-state index contributed by atoms with van der Waals surface area (Å²) in [6.45, 7) is 3.02. The van der Waals surface area contributed by atoms with E-state index in [4.69, 9.17) is 0 Å². The van der Waals surface area contributed by atoms with Gasteiger partial charge in [-0.05, 0) is 31.5 Å². The fourth-order valence-corrected chi connectivity index (χ4v) is 5.86. The minimum Gasteiger partial charge on any atom is -0.481 e. The zero-order chi connectivity index (χ0) is 18.4. The van der Waals surface area contributed by atoms with Crippen LogP contribution in [0.1, 0.15) is 22.6 Å². The summed E-state index contributed by atoms with van der Waals surface area (Å²) in [4.78, 5) is 12.0. The topological polar surface area (TPSA) is 91.7 Å². The molecule has 25 heavy (non-hydrogen) atoms. The maximum Gasteiger partial charge on any atom is 0.314 e. The third-order valence-corrected chi connectivity index (χ3v) is 7.33. The fraction of sp³-hybridized carbons (Fsp3) is 0.316. The maximum absolute atomic E-state index is 13.1. The van der Waals surface area contributed by atoms with E-state index in [1.807, 2.05) is 26.0 Å². The number of rotatable bonds is 5. The van der Waals surface area contributed by atoms with Gasteiger partial charge in [-0.15, -0.1) is 0 Å². The van der Waals surface area contributed by atoms with E-state index in [2.05, 4.69) is 0 Å². The number of hydrogen-bond acceptors (Lipinski definition) is 4. The van der Waals surface area contributed by atoms with Crippen molar-refractivity contribution in [1.29, 1.82) is 0 Å². The van der Waals surface area contributed by atoms with Crippen LogP contribution >= 0.6 is 0 Å². The molecule has 1 aliphatic rings. The number of hydrogen-bond donors (Lipinski definition) is 2. The summed E-state index contributed by atoms with van der Waals surface area (Å²) in [6.07, 6.45) is 0. The lowest BCUT2D eigenvalue weighted by molar-refractivity contribution is -0.145. The highest BCUT2D eigenvalue weighted by Crippen LogP contribution is 2.64. The number of benzene rings is 2. The number of carboxylic acids is 1. The molecule has 0 unspecified atom stereocenters. The first-order valence-corrected chi connectivity index (χ1v) is 9.51. The minimum absolute atomic E-state index is 0.0804. The van der Waals surface area contributed by atoms with Crippen LogP contribution in [0.4, 0.5) is 0 Å². The van der Waals surface area contributed by atoms with Gasteiger partial charge in [-0.3, -0.25) is 4.79 Å². The molecule has 132 valence electrons. The van der Waals surface area contributed by atoms with Gasteiger partial charge < -0.3 is 10.2 Å². The van der Waals surface area contributed by atoms with Crippen LogP contribution in [0.2, 0.25) is 0 Å². The Labute approximate surface area is 146 Å². The SMILES string of the molecule is Cc1ccc([C@@H]2[C@@H](S(=O)(=O)c3ccc(C)cc3)[C@@]2(CO)C(=O)O)cc1. The highest BCUT2D eigenvalue weighted by molar-refractivity contribution is 7.92. The van der Waals surface area contributed by atoms with Crippen molar-refractivity contribution in [3.8, 4) is 0 Å². The Morgan fingerprint density at radius 2 is 1.48 bits per heavy atom. The lowest BCUT2D eigenvalue weighted by atomic mass is 9.99. The molecule has 2 aromatic rings. The van der Waals surface area contributed by atoms with Gasteiger partial charge in [0.05, 0.1) is 16.8 Å². The molecule has 0 amide bonds. The van der Waals surface area contributed by atoms with Crippen LogP contribution in [0.5, 0.6) is 0 Å². The first kappa shape index (κ1) is 17.6. The molecule has 5 nitrogen and oxygen atoms in total. The molecule has 0 heterocycles. The second-order valence-corrected chi connectivity index (χ2v) is 8.74. The van der Waals surface area contributed by atoms with Gasteiger partial charge in [0.1, 0.15) is 5.41 Å². The van der Waals surface area contributed by atoms with E-state index in [1.165, 1.54) is 12.1 Å². The molecule has 0 aliphatic heterocycles. The van der Waals surface area contributed by atoms with Gasteiger partial charge in [0.15, 0.2) is 9.84 Å². The predicted octanol–water partition coefficient (Wildman–Crippen LogP) is 2.31. The summed E-state index contributed by atoms with van der Waals surface area (Å²) in [6, 6.07) is 13.4. The third-order valence-electron chi connectivity index (χ3n) is 5.04. The van der Waals surface area contributed by atoms with Gasteiger partial charge in [-0.25, -0.2) is 8.42 Å². The third kappa shape index (κ3) is 2.65. The number of aliphatic hydroxyl groups is 1. The summed E-state index contributed by atoms with van der Waals surface area (Å²) in [5.41, 5.74) is 0.811. The van der Waals surface area contributed by atoms with Crippen LogP contribution in [0.15, 0.2) is 53.4 Å². The number of carboxylic acid groups (broad SMARTS) is 1. The lowest BCUT2D eigenvalue weighted by Crippen LogP contribution is -2.27. The molecule has 3 rings (SSSR count). The van der Waals surface area contributed by atoms with Gasteiger partial charge in [-0.1, -0.05) is 47.5 Å². The number of aliphatic hydroxyl groups excluding tert-OH is 1. The van der Waals surface area contributed by atoms with Gasteiger partial charge in [-0.2, -0.15) is 0 Å². The maximum atomic E-state index is 13.1. The van der Waals surface area contributed by atoms with E-state index in [1.54, 1.807) is 24.3 Å². The Morgan fingerprint density at radius 1 is 1.00 bits per heavy atom. The monoisotopic (exact) mass is 360 g/mol. The Balaban J connectivity index is 2.10. The number of carbonyl (C=O) groups is 1. The van der Waals surface area contributed by atoms with Crippen LogP contribution in [0.25, 0.3) is 0 Å². The first-order valence-electron chi connectivity index (χ1n) is 7.96. The molecule has 0 aromatic heterocycles. The standard InChI is InChI=1S/C19H20O5S/c1-12-3-7-14(8-4-12)16-17(19(16,11-20)18(21)22)25(23,24)15-9-5-13(2)6-10-15/h3-10,16-17,20H,11H2,1-2H3,(H,21,22)/t16-,17-,19+/m1/s1. The summed E-state index contributed by atoms with van der Waals surface area (Å²) >= 11 is 0. The molecule has 0 saturated heterocycles. The molecule has 1 aliphatic carbocycles. The highest BCUT2D eigenvalue weighted by atomic mass is 32.2.